The van der Waals surface area contributed by atoms with Crippen LogP contribution in [0.15, 0.2) is 18.2 Å². The van der Waals surface area contributed by atoms with Crippen molar-refractivity contribution in [2.24, 2.45) is 11.8 Å². The molecular formula is C24H32ClN3O5. The molecule has 0 aliphatic carbocycles. The van der Waals surface area contributed by atoms with E-state index < -0.39 is 29.1 Å². The number of carbonyl (C=O) groups is 3. The number of fused-ring (bicyclic) bond motifs is 1. The van der Waals surface area contributed by atoms with Crippen LogP contribution in [0.4, 0.5) is 5.69 Å². The monoisotopic (exact) mass is 477 g/mol. The number of hydrogen-bond acceptors (Lipinski definition) is 5. The zero-order chi connectivity index (χ0) is 24.0. The SMILES string of the molecule is CNC(=O)[C@H]1[C@H]2C(=O)N(CCCCCO)C(C(=O)Nc3c(C)cccc3Cl)C23CC[C@]1(C)O3. The maximum Gasteiger partial charge on any atom is 0.250 e. The van der Waals surface area contributed by atoms with Crippen molar-refractivity contribution in [3.63, 3.8) is 0 Å². The van der Waals surface area contributed by atoms with Gasteiger partial charge in [-0.05, 0) is 57.6 Å². The van der Waals surface area contributed by atoms with Gasteiger partial charge in [0.15, 0.2) is 0 Å². The Bertz CT molecular complexity index is 951. The van der Waals surface area contributed by atoms with E-state index in [0.29, 0.717) is 42.9 Å². The van der Waals surface area contributed by atoms with Gasteiger partial charge in [-0.2, -0.15) is 0 Å². The van der Waals surface area contributed by atoms with Crippen molar-refractivity contribution < 1.29 is 24.2 Å². The number of likely N-dealkylation sites (tertiary alicyclic amines) is 1. The molecule has 2 bridgehead atoms. The second-order valence-electron chi connectivity index (χ2n) is 9.58. The molecule has 4 rings (SSSR count). The molecule has 0 aromatic heterocycles. The fourth-order valence-electron chi connectivity index (χ4n) is 6.08. The molecule has 3 amide bonds. The summed E-state index contributed by atoms with van der Waals surface area (Å²) >= 11 is 6.35. The first kappa shape index (κ1) is 24.0. The van der Waals surface area contributed by atoms with E-state index in [1.54, 1.807) is 18.0 Å². The molecule has 1 spiro atoms. The molecule has 3 heterocycles. The van der Waals surface area contributed by atoms with Crippen molar-refractivity contribution in [1.29, 1.82) is 0 Å². The Hall–Kier alpha value is -2.16. The second kappa shape index (κ2) is 8.89. The third-order valence-corrected chi connectivity index (χ3v) is 7.90. The summed E-state index contributed by atoms with van der Waals surface area (Å²) in [5.74, 6) is -2.17. The summed E-state index contributed by atoms with van der Waals surface area (Å²) in [4.78, 5) is 41.9. The highest BCUT2D eigenvalue weighted by atomic mass is 35.5. The lowest BCUT2D eigenvalue weighted by molar-refractivity contribution is -0.144. The summed E-state index contributed by atoms with van der Waals surface area (Å²) < 4.78 is 6.51. The Morgan fingerprint density at radius 1 is 1.24 bits per heavy atom. The highest BCUT2D eigenvalue weighted by Crippen LogP contribution is 2.63. The number of nitrogens with zero attached hydrogens (tertiary/aromatic N) is 1. The lowest BCUT2D eigenvalue weighted by atomic mass is 9.66. The first-order valence-electron chi connectivity index (χ1n) is 11.6. The van der Waals surface area contributed by atoms with Crippen LogP contribution in [0.25, 0.3) is 0 Å². The van der Waals surface area contributed by atoms with Gasteiger partial charge in [-0.1, -0.05) is 23.7 Å². The minimum absolute atomic E-state index is 0.0798. The standard InChI is InChI=1S/C24H32ClN3O5/c1-14-8-7-9-15(25)18(14)27-21(31)19-24-11-10-23(2,33-24)16(20(30)26-3)17(24)22(32)28(19)12-5-4-6-13-29/h7-9,16-17,19,29H,4-6,10-13H2,1-3H3,(H,26,30)(H,27,31)/t16-,17+,19?,23+,24?/m1/s1. The van der Waals surface area contributed by atoms with Gasteiger partial charge in [0, 0.05) is 20.2 Å². The van der Waals surface area contributed by atoms with Gasteiger partial charge in [-0.15, -0.1) is 0 Å². The Labute approximate surface area is 199 Å². The molecule has 3 fully saturated rings. The number of aryl methyl sites for hydroxylation is 1. The highest BCUT2D eigenvalue weighted by molar-refractivity contribution is 6.34. The number of benzene rings is 1. The first-order chi connectivity index (χ1) is 15.7. The summed E-state index contributed by atoms with van der Waals surface area (Å²) in [6, 6.07) is 4.51. The molecule has 33 heavy (non-hydrogen) atoms. The van der Waals surface area contributed by atoms with E-state index in [0.717, 1.165) is 12.0 Å². The molecule has 3 saturated heterocycles. The van der Waals surface area contributed by atoms with Crippen molar-refractivity contribution in [3.05, 3.63) is 28.8 Å². The minimum Gasteiger partial charge on any atom is -0.396 e. The first-order valence-corrected chi connectivity index (χ1v) is 12.0. The number of ether oxygens (including phenoxy) is 1. The number of halogens is 1. The van der Waals surface area contributed by atoms with Crippen LogP contribution in [-0.2, 0) is 19.1 Å². The summed E-state index contributed by atoms with van der Waals surface area (Å²) in [7, 11) is 1.56. The average molecular weight is 478 g/mol. The molecule has 3 N–H and O–H groups in total. The van der Waals surface area contributed by atoms with E-state index in [-0.39, 0.29) is 24.3 Å². The fraction of sp³-hybridized carbons (Fsp3) is 0.625. The number of para-hydroxylation sites is 1. The van der Waals surface area contributed by atoms with E-state index in [4.69, 9.17) is 21.4 Å². The lowest BCUT2D eigenvalue weighted by Gasteiger charge is -2.33. The summed E-state index contributed by atoms with van der Waals surface area (Å²) in [5.41, 5.74) is -0.518. The summed E-state index contributed by atoms with van der Waals surface area (Å²) in [6.45, 7) is 4.16. The Balaban J connectivity index is 1.71. The van der Waals surface area contributed by atoms with Gasteiger partial charge >= 0.3 is 0 Å². The quantitative estimate of drug-likeness (QED) is 0.498. The molecule has 9 heteroatoms. The second-order valence-corrected chi connectivity index (χ2v) is 9.99. The van der Waals surface area contributed by atoms with Gasteiger partial charge in [-0.25, -0.2) is 0 Å². The molecule has 2 unspecified atom stereocenters. The molecule has 0 radical (unpaired) electrons. The fourth-order valence-corrected chi connectivity index (χ4v) is 6.34. The minimum atomic E-state index is -1.06. The lowest BCUT2D eigenvalue weighted by Crippen LogP contribution is -2.53. The van der Waals surface area contributed by atoms with Crippen molar-refractivity contribution in [3.8, 4) is 0 Å². The molecule has 3 aliphatic rings. The Kier molecular flexibility index (Phi) is 6.46. The van der Waals surface area contributed by atoms with E-state index in [1.807, 2.05) is 26.0 Å². The van der Waals surface area contributed by atoms with Crippen molar-refractivity contribution in [2.45, 2.75) is 63.2 Å². The number of hydrogen-bond donors (Lipinski definition) is 3. The molecule has 0 saturated carbocycles. The predicted octanol–water partition coefficient (Wildman–Crippen LogP) is 2.26. The third-order valence-electron chi connectivity index (χ3n) is 7.58. The largest absolute Gasteiger partial charge is 0.396 e. The molecule has 3 aliphatic heterocycles. The van der Waals surface area contributed by atoms with Gasteiger partial charge in [0.25, 0.3) is 0 Å². The number of unbranched alkanes of at least 4 members (excludes halogenated alkanes) is 2. The van der Waals surface area contributed by atoms with Gasteiger partial charge in [0.05, 0.1) is 28.1 Å². The van der Waals surface area contributed by atoms with Crippen molar-refractivity contribution in [2.75, 3.05) is 25.5 Å². The number of amides is 3. The van der Waals surface area contributed by atoms with Crippen molar-refractivity contribution >= 4 is 35.0 Å². The zero-order valence-electron chi connectivity index (χ0n) is 19.3. The Morgan fingerprint density at radius 3 is 2.67 bits per heavy atom. The smallest absolute Gasteiger partial charge is 0.250 e. The molecule has 8 nitrogen and oxygen atoms in total. The maximum atomic E-state index is 13.8. The Morgan fingerprint density at radius 2 is 2.00 bits per heavy atom. The van der Waals surface area contributed by atoms with Crippen LogP contribution in [0.1, 0.15) is 44.6 Å². The van der Waals surface area contributed by atoms with Crippen LogP contribution in [0.5, 0.6) is 0 Å². The number of aliphatic hydroxyl groups is 1. The number of nitrogens with one attached hydrogen (secondary N) is 2. The molecule has 1 aromatic rings. The maximum absolute atomic E-state index is 13.8. The van der Waals surface area contributed by atoms with E-state index in [1.165, 1.54) is 0 Å². The molecule has 5 atom stereocenters. The molecule has 1 aromatic carbocycles. The van der Waals surface area contributed by atoms with Gasteiger partial charge in [0.1, 0.15) is 11.6 Å². The van der Waals surface area contributed by atoms with E-state index >= 15 is 0 Å². The van der Waals surface area contributed by atoms with Crippen LogP contribution in [0.3, 0.4) is 0 Å². The summed E-state index contributed by atoms with van der Waals surface area (Å²) in [6.07, 6.45) is 3.13. The van der Waals surface area contributed by atoms with Crippen LogP contribution >= 0.6 is 11.6 Å². The highest BCUT2D eigenvalue weighted by Gasteiger charge is 2.77. The number of rotatable bonds is 8. The summed E-state index contributed by atoms with van der Waals surface area (Å²) in [5, 5.41) is 15.2. The number of aliphatic hydroxyl groups excluding tert-OH is 1. The van der Waals surface area contributed by atoms with Crippen LogP contribution < -0.4 is 10.6 Å². The average Bonchev–Trinajstić information content (AvgIpc) is 3.34. The molecule has 180 valence electrons. The zero-order valence-corrected chi connectivity index (χ0v) is 20.1. The predicted molar refractivity (Wildman–Crippen MR) is 124 cm³/mol. The van der Waals surface area contributed by atoms with Crippen LogP contribution in [0.2, 0.25) is 5.02 Å². The van der Waals surface area contributed by atoms with Gasteiger partial charge in [0.2, 0.25) is 17.7 Å². The van der Waals surface area contributed by atoms with Crippen LogP contribution in [0, 0.1) is 18.8 Å². The van der Waals surface area contributed by atoms with E-state index in [2.05, 4.69) is 10.6 Å². The topological polar surface area (TPSA) is 108 Å². The molecular weight excluding hydrogens is 446 g/mol. The normalized spacial score (nSPS) is 32.2. The van der Waals surface area contributed by atoms with Crippen molar-refractivity contribution in [1.82, 2.24) is 10.2 Å². The van der Waals surface area contributed by atoms with Gasteiger partial charge < -0.3 is 25.4 Å². The third kappa shape index (κ3) is 3.72. The van der Waals surface area contributed by atoms with Gasteiger partial charge in [-0.3, -0.25) is 14.4 Å². The van der Waals surface area contributed by atoms with Crippen LogP contribution in [-0.4, -0.2) is 65.2 Å². The van der Waals surface area contributed by atoms with E-state index in [9.17, 15) is 14.4 Å². The number of anilines is 1. The number of carbonyl (C=O) groups excluding carboxylic acids is 3.